The molecule has 0 spiro atoms. The van der Waals surface area contributed by atoms with E-state index in [-0.39, 0.29) is 11.9 Å². The van der Waals surface area contributed by atoms with Crippen LogP contribution in [0.1, 0.15) is 31.4 Å². The Morgan fingerprint density at radius 2 is 2.07 bits per heavy atom. The lowest BCUT2D eigenvalue weighted by atomic mass is 10.0. The van der Waals surface area contributed by atoms with Crippen LogP contribution in [0.4, 0.5) is 4.39 Å². The van der Waals surface area contributed by atoms with E-state index in [0.29, 0.717) is 0 Å². The van der Waals surface area contributed by atoms with Crippen molar-refractivity contribution in [3.63, 3.8) is 0 Å². The molecule has 0 aliphatic carbocycles. The number of hydrogen-bond acceptors (Lipinski definition) is 1. The van der Waals surface area contributed by atoms with Crippen LogP contribution in [0.3, 0.4) is 0 Å². The Balaban J connectivity index is 2.58. The topological polar surface area (TPSA) is 12.0 Å². The predicted octanol–water partition coefficient (Wildman–Crippen LogP) is 2.89. The molecule has 1 aromatic carbocycles. The molecule has 0 bridgehead atoms. The lowest BCUT2D eigenvalue weighted by Crippen LogP contribution is -2.21. The van der Waals surface area contributed by atoms with Gasteiger partial charge in [-0.15, -0.1) is 12.3 Å². The summed E-state index contributed by atoms with van der Waals surface area (Å²) < 4.78 is 12.7. The molecule has 0 fully saturated rings. The highest BCUT2D eigenvalue weighted by molar-refractivity contribution is 5.19. The summed E-state index contributed by atoms with van der Waals surface area (Å²) in [7, 11) is 0. The van der Waals surface area contributed by atoms with Gasteiger partial charge in [-0.3, -0.25) is 0 Å². The summed E-state index contributed by atoms with van der Waals surface area (Å²) in [5.41, 5.74) is 1.11. The van der Waals surface area contributed by atoms with Crippen molar-refractivity contribution in [2.75, 3.05) is 6.54 Å². The van der Waals surface area contributed by atoms with Gasteiger partial charge >= 0.3 is 0 Å². The average Bonchev–Trinajstić information content (AvgIpc) is 2.26. The molecule has 1 atom stereocenters. The summed E-state index contributed by atoms with van der Waals surface area (Å²) in [6.07, 6.45) is 6.86. The Morgan fingerprint density at radius 3 is 2.60 bits per heavy atom. The predicted molar refractivity (Wildman–Crippen MR) is 60.9 cm³/mol. The van der Waals surface area contributed by atoms with Gasteiger partial charge in [0.05, 0.1) is 0 Å². The third-order valence-corrected chi connectivity index (χ3v) is 2.34. The summed E-state index contributed by atoms with van der Waals surface area (Å²) in [6.45, 7) is 2.89. The first-order valence-electron chi connectivity index (χ1n) is 5.20. The average molecular weight is 205 g/mol. The number of rotatable bonds is 5. The molecule has 80 valence electrons. The van der Waals surface area contributed by atoms with Crippen LogP contribution < -0.4 is 5.32 Å². The molecule has 0 amide bonds. The summed E-state index contributed by atoms with van der Waals surface area (Å²) in [4.78, 5) is 0. The molecule has 1 nitrogen and oxygen atoms in total. The van der Waals surface area contributed by atoms with E-state index in [4.69, 9.17) is 6.42 Å². The van der Waals surface area contributed by atoms with Crippen LogP contribution in [-0.2, 0) is 0 Å². The lowest BCUT2D eigenvalue weighted by Gasteiger charge is -2.16. The minimum Gasteiger partial charge on any atom is -0.309 e. The quantitative estimate of drug-likeness (QED) is 0.575. The van der Waals surface area contributed by atoms with Crippen molar-refractivity contribution in [3.05, 3.63) is 35.6 Å². The van der Waals surface area contributed by atoms with E-state index in [0.717, 1.165) is 24.9 Å². The molecule has 0 saturated carbocycles. The van der Waals surface area contributed by atoms with Crippen LogP contribution >= 0.6 is 0 Å². The number of benzene rings is 1. The molecule has 0 radical (unpaired) electrons. The Labute approximate surface area is 90.7 Å². The maximum Gasteiger partial charge on any atom is 0.123 e. The van der Waals surface area contributed by atoms with Gasteiger partial charge in [-0.05, 0) is 24.1 Å². The molecule has 1 N–H and O–H groups in total. The van der Waals surface area contributed by atoms with Crippen molar-refractivity contribution >= 4 is 0 Å². The monoisotopic (exact) mass is 205 g/mol. The summed E-state index contributed by atoms with van der Waals surface area (Å²) >= 11 is 0. The van der Waals surface area contributed by atoms with Crippen LogP contribution in [-0.4, -0.2) is 6.54 Å². The summed E-state index contributed by atoms with van der Waals surface area (Å²) in [6, 6.07) is 6.86. The van der Waals surface area contributed by atoms with Gasteiger partial charge in [0.25, 0.3) is 0 Å². The Kier molecular flexibility index (Phi) is 4.86. The first-order valence-corrected chi connectivity index (χ1v) is 5.20. The number of nitrogens with one attached hydrogen (secondary N) is 1. The molecule has 0 aliphatic rings. The van der Waals surface area contributed by atoms with Crippen molar-refractivity contribution in [2.45, 2.75) is 25.8 Å². The van der Waals surface area contributed by atoms with Crippen molar-refractivity contribution in [1.82, 2.24) is 5.32 Å². The highest BCUT2D eigenvalue weighted by Crippen LogP contribution is 2.16. The normalized spacial score (nSPS) is 12.1. The fraction of sp³-hybridized carbons (Fsp3) is 0.385. The third-order valence-electron chi connectivity index (χ3n) is 2.34. The first-order chi connectivity index (χ1) is 7.27. The lowest BCUT2D eigenvalue weighted by molar-refractivity contribution is 0.526. The molecule has 2 heteroatoms. The SMILES string of the molecule is C#CCCNC(CC)c1ccc(F)cc1. The number of halogens is 1. The van der Waals surface area contributed by atoms with E-state index in [1.165, 1.54) is 12.1 Å². The largest absolute Gasteiger partial charge is 0.309 e. The van der Waals surface area contributed by atoms with Crippen LogP contribution in [0.5, 0.6) is 0 Å². The zero-order chi connectivity index (χ0) is 11.1. The van der Waals surface area contributed by atoms with Crippen molar-refractivity contribution in [2.24, 2.45) is 0 Å². The van der Waals surface area contributed by atoms with Gasteiger partial charge in [-0.2, -0.15) is 0 Å². The molecule has 0 aliphatic heterocycles. The minimum absolute atomic E-state index is 0.197. The van der Waals surface area contributed by atoms with Gasteiger partial charge in [0.2, 0.25) is 0 Å². The minimum atomic E-state index is -0.197. The van der Waals surface area contributed by atoms with Gasteiger partial charge in [0.1, 0.15) is 5.82 Å². The van der Waals surface area contributed by atoms with Crippen LogP contribution in [0.15, 0.2) is 24.3 Å². The zero-order valence-electron chi connectivity index (χ0n) is 8.96. The molecule has 15 heavy (non-hydrogen) atoms. The smallest absolute Gasteiger partial charge is 0.123 e. The zero-order valence-corrected chi connectivity index (χ0v) is 8.96. The second-order valence-electron chi connectivity index (χ2n) is 3.42. The highest BCUT2D eigenvalue weighted by atomic mass is 19.1. The molecule has 1 rings (SSSR count). The Bertz CT molecular complexity index is 323. The molecule has 0 aromatic heterocycles. The molecule has 1 unspecified atom stereocenters. The van der Waals surface area contributed by atoms with Crippen LogP contribution in [0.2, 0.25) is 0 Å². The van der Waals surface area contributed by atoms with Gasteiger partial charge in [0, 0.05) is 19.0 Å². The molecular weight excluding hydrogens is 189 g/mol. The van der Waals surface area contributed by atoms with E-state index in [1.807, 2.05) is 12.1 Å². The van der Waals surface area contributed by atoms with Gasteiger partial charge in [-0.25, -0.2) is 4.39 Å². The maximum atomic E-state index is 12.7. The van der Waals surface area contributed by atoms with Gasteiger partial charge < -0.3 is 5.32 Å². The molecular formula is C13H16FN. The van der Waals surface area contributed by atoms with Crippen LogP contribution in [0, 0.1) is 18.2 Å². The standard InChI is InChI=1S/C13H16FN/c1-3-5-10-15-13(4-2)11-6-8-12(14)9-7-11/h1,6-9,13,15H,4-5,10H2,2H3. The van der Waals surface area contributed by atoms with E-state index in [1.54, 1.807) is 0 Å². The van der Waals surface area contributed by atoms with Gasteiger partial charge in [0.15, 0.2) is 0 Å². The van der Waals surface area contributed by atoms with E-state index in [2.05, 4.69) is 18.2 Å². The van der Waals surface area contributed by atoms with E-state index >= 15 is 0 Å². The van der Waals surface area contributed by atoms with Gasteiger partial charge in [-0.1, -0.05) is 19.1 Å². The second kappa shape index (κ2) is 6.21. The summed E-state index contributed by atoms with van der Waals surface area (Å²) in [5.74, 6) is 2.39. The third kappa shape index (κ3) is 3.73. The van der Waals surface area contributed by atoms with E-state index in [9.17, 15) is 4.39 Å². The fourth-order valence-electron chi connectivity index (χ4n) is 1.51. The molecule has 1 aromatic rings. The van der Waals surface area contributed by atoms with Crippen LogP contribution in [0.25, 0.3) is 0 Å². The highest BCUT2D eigenvalue weighted by Gasteiger charge is 2.07. The van der Waals surface area contributed by atoms with E-state index < -0.39 is 0 Å². The summed E-state index contributed by atoms with van der Waals surface area (Å²) in [5, 5.41) is 3.34. The van der Waals surface area contributed by atoms with Crippen molar-refractivity contribution < 1.29 is 4.39 Å². The Morgan fingerprint density at radius 1 is 1.40 bits per heavy atom. The number of hydrogen-bond donors (Lipinski definition) is 1. The van der Waals surface area contributed by atoms with Crippen molar-refractivity contribution in [3.8, 4) is 12.3 Å². The number of terminal acetylenes is 1. The van der Waals surface area contributed by atoms with Crippen molar-refractivity contribution in [1.29, 1.82) is 0 Å². The fourth-order valence-corrected chi connectivity index (χ4v) is 1.51. The molecule has 0 heterocycles. The Hall–Kier alpha value is -1.33. The maximum absolute atomic E-state index is 12.7. The first kappa shape index (κ1) is 11.7. The second-order valence-corrected chi connectivity index (χ2v) is 3.42. The molecule has 0 saturated heterocycles.